The first-order valence-electron chi connectivity index (χ1n) is 8.37. The highest BCUT2D eigenvalue weighted by Crippen LogP contribution is 2.26. The third-order valence-electron chi connectivity index (χ3n) is 4.26. The van der Waals surface area contributed by atoms with E-state index in [0.717, 1.165) is 33.8 Å². The van der Waals surface area contributed by atoms with E-state index in [2.05, 4.69) is 5.32 Å². The molecule has 0 aliphatic heterocycles. The molecule has 0 aromatic heterocycles. The molecule has 0 radical (unpaired) electrons. The van der Waals surface area contributed by atoms with Gasteiger partial charge in [-0.3, -0.25) is 9.10 Å². The Labute approximate surface area is 158 Å². The number of nitrogens with one attached hydrogen (secondary N) is 1. The Morgan fingerprint density at radius 3 is 2.30 bits per heavy atom. The molecule has 2 rings (SSSR count). The summed E-state index contributed by atoms with van der Waals surface area (Å²) in [7, 11) is -3.79. The Balaban J connectivity index is 2.42. The molecule has 1 amide bonds. The van der Waals surface area contributed by atoms with Crippen LogP contribution in [0.25, 0.3) is 0 Å². The maximum absolute atomic E-state index is 13.8. The highest BCUT2D eigenvalue weighted by Gasteiger charge is 2.32. The van der Waals surface area contributed by atoms with E-state index >= 15 is 0 Å². The van der Waals surface area contributed by atoms with E-state index in [-0.39, 0.29) is 12.1 Å². The minimum absolute atomic E-state index is 0.161. The van der Waals surface area contributed by atoms with Crippen LogP contribution in [0.15, 0.2) is 36.4 Å². The normalized spacial score (nSPS) is 12.5. The molecule has 5 nitrogen and oxygen atoms in total. The molecule has 0 aliphatic rings. The minimum Gasteiger partial charge on any atom is -0.322 e. The number of hydrogen-bond acceptors (Lipinski definition) is 3. The van der Waals surface area contributed by atoms with Crippen molar-refractivity contribution in [3.8, 4) is 0 Å². The third kappa shape index (κ3) is 4.82. The van der Waals surface area contributed by atoms with Gasteiger partial charge in [0.25, 0.3) is 0 Å². The van der Waals surface area contributed by atoms with E-state index in [1.807, 2.05) is 13.8 Å². The van der Waals surface area contributed by atoms with Gasteiger partial charge in [-0.15, -0.1) is 0 Å². The monoisotopic (exact) mass is 396 g/mol. The lowest BCUT2D eigenvalue weighted by atomic mass is 10.1. The highest BCUT2D eigenvalue weighted by molar-refractivity contribution is 7.92. The lowest BCUT2D eigenvalue weighted by Gasteiger charge is -2.30. The summed E-state index contributed by atoms with van der Waals surface area (Å²) < 4.78 is 52.8. The second-order valence-corrected chi connectivity index (χ2v) is 8.22. The molecule has 0 spiro atoms. The predicted molar refractivity (Wildman–Crippen MR) is 102 cm³/mol. The number of hydrogen-bond donors (Lipinski definition) is 1. The van der Waals surface area contributed by atoms with E-state index in [0.29, 0.717) is 11.8 Å². The zero-order chi connectivity index (χ0) is 20.4. The molecule has 0 heterocycles. The number of halogens is 2. The van der Waals surface area contributed by atoms with Crippen molar-refractivity contribution in [1.29, 1.82) is 0 Å². The van der Waals surface area contributed by atoms with Gasteiger partial charge in [-0.05, 0) is 55.7 Å². The Hall–Kier alpha value is -2.48. The molecule has 0 bridgehead atoms. The Morgan fingerprint density at radius 1 is 1.11 bits per heavy atom. The van der Waals surface area contributed by atoms with Gasteiger partial charge in [0.05, 0.1) is 17.6 Å². The van der Waals surface area contributed by atoms with Crippen molar-refractivity contribution in [2.24, 2.45) is 0 Å². The van der Waals surface area contributed by atoms with Crippen LogP contribution in [-0.4, -0.2) is 26.6 Å². The van der Waals surface area contributed by atoms with Crippen LogP contribution in [0, 0.1) is 25.5 Å². The lowest BCUT2D eigenvalue weighted by Crippen LogP contribution is -2.47. The number of amides is 1. The van der Waals surface area contributed by atoms with Crippen molar-refractivity contribution in [3.63, 3.8) is 0 Å². The first-order chi connectivity index (χ1) is 12.5. The van der Waals surface area contributed by atoms with E-state index in [9.17, 15) is 22.0 Å². The molecule has 0 aliphatic carbocycles. The fraction of sp³-hybridized carbons (Fsp3) is 0.316. The number of nitrogens with zero attached hydrogens (tertiary/aromatic N) is 1. The van der Waals surface area contributed by atoms with Crippen LogP contribution < -0.4 is 9.62 Å². The molecule has 1 N–H and O–H groups in total. The van der Waals surface area contributed by atoms with E-state index < -0.39 is 33.6 Å². The molecule has 2 aromatic carbocycles. The number of sulfonamides is 1. The Morgan fingerprint density at radius 2 is 1.78 bits per heavy atom. The molecule has 146 valence electrons. The van der Waals surface area contributed by atoms with Gasteiger partial charge in [-0.2, -0.15) is 0 Å². The molecule has 0 saturated heterocycles. The zero-order valence-electron chi connectivity index (χ0n) is 15.6. The number of anilines is 2. The van der Waals surface area contributed by atoms with Crippen molar-refractivity contribution in [2.45, 2.75) is 33.2 Å². The number of rotatable bonds is 6. The fourth-order valence-corrected chi connectivity index (χ4v) is 3.93. The van der Waals surface area contributed by atoms with Crippen LogP contribution in [0.2, 0.25) is 0 Å². The first-order valence-corrected chi connectivity index (χ1v) is 10.2. The van der Waals surface area contributed by atoms with Crippen molar-refractivity contribution in [1.82, 2.24) is 0 Å². The van der Waals surface area contributed by atoms with E-state index in [1.54, 1.807) is 25.1 Å². The molecule has 0 unspecified atom stereocenters. The second-order valence-electron chi connectivity index (χ2n) is 6.36. The van der Waals surface area contributed by atoms with Gasteiger partial charge < -0.3 is 5.32 Å². The third-order valence-corrected chi connectivity index (χ3v) is 5.44. The van der Waals surface area contributed by atoms with Crippen molar-refractivity contribution < 1.29 is 22.0 Å². The molecular weight excluding hydrogens is 374 g/mol. The average Bonchev–Trinajstić information content (AvgIpc) is 2.56. The maximum Gasteiger partial charge on any atom is 0.248 e. The highest BCUT2D eigenvalue weighted by atomic mass is 32.2. The van der Waals surface area contributed by atoms with Crippen LogP contribution in [0.3, 0.4) is 0 Å². The van der Waals surface area contributed by atoms with Crippen molar-refractivity contribution in [2.75, 3.05) is 15.9 Å². The smallest absolute Gasteiger partial charge is 0.248 e. The summed E-state index contributed by atoms with van der Waals surface area (Å²) in [6.45, 7) is 5.39. The summed E-state index contributed by atoms with van der Waals surface area (Å²) in [6.07, 6.45) is 1.17. The quantitative estimate of drug-likeness (QED) is 0.808. The maximum atomic E-state index is 13.8. The van der Waals surface area contributed by atoms with Crippen LogP contribution in [0.4, 0.5) is 20.2 Å². The first kappa shape index (κ1) is 20.8. The molecule has 0 saturated carbocycles. The average molecular weight is 396 g/mol. The van der Waals surface area contributed by atoms with Gasteiger partial charge in [0.2, 0.25) is 15.9 Å². The van der Waals surface area contributed by atoms with Crippen LogP contribution in [0.1, 0.15) is 24.5 Å². The van der Waals surface area contributed by atoms with E-state index in [1.165, 1.54) is 0 Å². The number of carbonyl (C=O) groups is 1. The predicted octanol–water partition coefficient (Wildman–Crippen LogP) is 3.76. The van der Waals surface area contributed by atoms with Gasteiger partial charge in [0.1, 0.15) is 17.7 Å². The molecule has 2 aromatic rings. The van der Waals surface area contributed by atoms with Crippen LogP contribution >= 0.6 is 0 Å². The van der Waals surface area contributed by atoms with Crippen molar-refractivity contribution >= 4 is 27.3 Å². The summed E-state index contributed by atoms with van der Waals surface area (Å²) in [6, 6.07) is 6.74. The summed E-state index contributed by atoms with van der Waals surface area (Å²) >= 11 is 0. The molecule has 27 heavy (non-hydrogen) atoms. The summed E-state index contributed by atoms with van der Waals surface area (Å²) in [5, 5.41) is 2.35. The summed E-state index contributed by atoms with van der Waals surface area (Å²) in [5.41, 5.74) is 2.00. The number of aryl methyl sites for hydroxylation is 2. The van der Waals surface area contributed by atoms with Gasteiger partial charge in [-0.25, -0.2) is 17.2 Å². The minimum atomic E-state index is -3.79. The van der Waals surface area contributed by atoms with E-state index in [4.69, 9.17) is 0 Å². The number of carbonyl (C=O) groups excluding carboxylic acids is 1. The van der Waals surface area contributed by atoms with Crippen molar-refractivity contribution in [3.05, 3.63) is 59.2 Å². The largest absolute Gasteiger partial charge is 0.322 e. The van der Waals surface area contributed by atoms with Gasteiger partial charge in [0.15, 0.2) is 0 Å². The topological polar surface area (TPSA) is 66.5 Å². The molecule has 0 fully saturated rings. The second kappa shape index (κ2) is 8.04. The van der Waals surface area contributed by atoms with Gasteiger partial charge in [0, 0.05) is 6.07 Å². The SMILES string of the molecule is CC[C@H](C(=O)Nc1ccc(F)cc1F)N(c1ccc(C)c(C)c1)S(C)(=O)=O. The number of benzene rings is 2. The molecular formula is C19H22F2N2O3S. The summed E-state index contributed by atoms with van der Waals surface area (Å²) in [5.74, 6) is -2.41. The zero-order valence-corrected chi connectivity index (χ0v) is 16.4. The lowest BCUT2D eigenvalue weighted by molar-refractivity contribution is -0.117. The Kier molecular flexibility index (Phi) is 6.20. The van der Waals surface area contributed by atoms with Gasteiger partial charge in [-0.1, -0.05) is 13.0 Å². The molecule has 1 atom stereocenters. The van der Waals surface area contributed by atoms with Crippen LogP contribution in [0.5, 0.6) is 0 Å². The fourth-order valence-electron chi connectivity index (χ4n) is 2.73. The standard InChI is InChI=1S/C19H22F2N2O3S/c1-5-18(19(24)22-17-9-7-14(20)11-16(17)21)23(27(4,25)26)15-8-6-12(2)13(3)10-15/h6-11,18H,5H2,1-4H3,(H,22,24)/t18-/m1/s1. The summed E-state index contributed by atoms with van der Waals surface area (Å²) in [4.78, 5) is 12.7. The van der Waals surface area contributed by atoms with Crippen LogP contribution in [-0.2, 0) is 14.8 Å². The van der Waals surface area contributed by atoms with Gasteiger partial charge >= 0.3 is 0 Å². The molecule has 8 heteroatoms. The Bertz CT molecular complexity index is 961.